The summed E-state index contributed by atoms with van der Waals surface area (Å²) in [5, 5.41) is 3.39. The second kappa shape index (κ2) is 4.84. The molecule has 4 nitrogen and oxygen atoms in total. The molecule has 1 atom stereocenters. The van der Waals surface area contributed by atoms with E-state index in [-0.39, 0.29) is 0 Å². The van der Waals surface area contributed by atoms with Crippen molar-refractivity contribution in [2.75, 3.05) is 18.9 Å². The van der Waals surface area contributed by atoms with Gasteiger partial charge in [-0.2, -0.15) is 0 Å². The van der Waals surface area contributed by atoms with E-state index in [0.717, 1.165) is 25.1 Å². The number of hydrogen-bond donors (Lipinski definition) is 1. The molecule has 0 radical (unpaired) electrons. The van der Waals surface area contributed by atoms with E-state index in [4.69, 9.17) is 0 Å². The van der Waals surface area contributed by atoms with Crippen molar-refractivity contribution in [3.8, 4) is 0 Å². The Kier molecular flexibility index (Phi) is 3.04. The molecule has 6 heteroatoms. The summed E-state index contributed by atoms with van der Waals surface area (Å²) in [4.78, 5) is 11.0. The Hall–Kier alpha value is -1.82. The van der Waals surface area contributed by atoms with Crippen LogP contribution in [0, 0.1) is 11.6 Å². The smallest absolute Gasteiger partial charge is 0.161 e. The zero-order chi connectivity index (χ0) is 15.3. The molecular weight excluding hydrogens is 286 g/mol. The van der Waals surface area contributed by atoms with E-state index >= 15 is 0 Å². The Bertz CT molecular complexity index is 729. The molecule has 1 aliphatic heterocycles. The molecule has 2 aliphatic rings. The SMILES string of the molecule is CN1CC(Nc2cnc3cc(F)c(F)cc3n2)CC12CCC2. The Morgan fingerprint density at radius 3 is 2.59 bits per heavy atom. The third kappa shape index (κ3) is 2.13. The first-order valence-corrected chi connectivity index (χ1v) is 7.65. The van der Waals surface area contributed by atoms with E-state index in [0.29, 0.717) is 28.4 Å². The van der Waals surface area contributed by atoms with Crippen molar-refractivity contribution in [2.24, 2.45) is 0 Å². The molecule has 22 heavy (non-hydrogen) atoms. The lowest BCUT2D eigenvalue weighted by atomic mass is 9.74. The van der Waals surface area contributed by atoms with Gasteiger partial charge < -0.3 is 5.32 Å². The fourth-order valence-corrected chi connectivity index (χ4v) is 3.76. The number of aromatic nitrogens is 2. The van der Waals surface area contributed by atoms with Crippen LogP contribution in [0.25, 0.3) is 11.0 Å². The lowest BCUT2D eigenvalue weighted by Crippen LogP contribution is -2.46. The number of hydrogen-bond acceptors (Lipinski definition) is 4. The number of rotatable bonds is 2. The maximum atomic E-state index is 13.3. The first-order chi connectivity index (χ1) is 10.6. The van der Waals surface area contributed by atoms with E-state index in [2.05, 4.69) is 27.2 Å². The van der Waals surface area contributed by atoms with Gasteiger partial charge in [-0.25, -0.2) is 13.8 Å². The van der Waals surface area contributed by atoms with E-state index in [1.807, 2.05) is 0 Å². The van der Waals surface area contributed by atoms with Crippen molar-refractivity contribution in [1.82, 2.24) is 14.9 Å². The van der Waals surface area contributed by atoms with Gasteiger partial charge in [-0.05, 0) is 32.7 Å². The highest BCUT2D eigenvalue weighted by atomic mass is 19.2. The number of benzene rings is 1. The average molecular weight is 304 g/mol. The van der Waals surface area contributed by atoms with Crippen molar-refractivity contribution < 1.29 is 8.78 Å². The summed E-state index contributed by atoms with van der Waals surface area (Å²) in [6.45, 7) is 0.970. The summed E-state index contributed by atoms with van der Waals surface area (Å²) < 4.78 is 26.5. The predicted molar refractivity (Wildman–Crippen MR) is 80.7 cm³/mol. The van der Waals surface area contributed by atoms with E-state index in [9.17, 15) is 8.78 Å². The number of fused-ring (bicyclic) bond motifs is 1. The van der Waals surface area contributed by atoms with Gasteiger partial charge in [0.1, 0.15) is 5.82 Å². The molecule has 1 unspecified atom stereocenters. The van der Waals surface area contributed by atoms with Gasteiger partial charge in [0.25, 0.3) is 0 Å². The number of nitrogens with zero attached hydrogens (tertiary/aromatic N) is 3. The van der Waals surface area contributed by atoms with E-state index in [1.54, 1.807) is 6.20 Å². The fraction of sp³-hybridized carbons (Fsp3) is 0.500. The van der Waals surface area contributed by atoms with Gasteiger partial charge in [-0.1, -0.05) is 0 Å². The van der Waals surface area contributed by atoms with Gasteiger partial charge in [-0.15, -0.1) is 0 Å². The first-order valence-electron chi connectivity index (χ1n) is 7.65. The van der Waals surface area contributed by atoms with Crippen LogP contribution < -0.4 is 5.32 Å². The summed E-state index contributed by atoms with van der Waals surface area (Å²) in [5.74, 6) is -1.17. The van der Waals surface area contributed by atoms with Gasteiger partial charge in [0.2, 0.25) is 0 Å². The third-order valence-corrected chi connectivity index (χ3v) is 5.15. The zero-order valence-electron chi connectivity index (χ0n) is 12.4. The minimum Gasteiger partial charge on any atom is -0.365 e. The van der Waals surface area contributed by atoms with Crippen LogP contribution in [0.2, 0.25) is 0 Å². The van der Waals surface area contributed by atoms with Crippen molar-refractivity contribution in [3.05, 3.63) is 30.0 Å². The van der Waals surface area contributed by atoms with Crippen LogP contribution in [0.3, 0.4) is 0 Å². The van der Waals surface area contributed by atoms with Crippen LogP contribution in [0.15, 0.2) is 18.3 Å². The second-order valence-corrected chi connectivity index (χ2v) is 6.51. The normalized spacial score (nSPS) is 23.9. The lowest BCUT2D eigenvalue weighted by molar-refractivity contribution is 0.0801. The van der Waals surface area contributed by atoms with Crippen molar-refractivity contribution in [3.63, 3.8) is 0 Å². The molecule has 2 heterocycles. The molecule has 4 rings (SSSR count). The molecule has 2 fully saturated rings. The Morgan fingerprint density at radius 2 is 1.95 bits per heavy atom. The van der Waals surface area contributed by atoms with Crippen LogP contribution in [0.4, 0.5) is 14.6 Å². The largest absolute Gasteiger partial charge is 0.365 e. The second-order valence-electron chi connectivity index (χ2n) is 6.51. The summed E-state index contributed by atoms with van der Waals surface area (Å²) in [6, 6.07) is 2.49. The highest BCUT2D eigenvalue weighted by molar-refractivity contribution is 5.75. The number of anilines is 1. The molecule has 1 aromatic carbocycles. The van der Waals surface area contributed by atoms with Gasteiger partial charge in [0, 0.05) is 30.3 Å². The molecule has 1 N–H and O–H groups in total. The van der Waals surface area contributed by atoms with Crippen LogP contribution in [0.5, 0.6) is 0 Å². The molecule has 0 bridgehead atoms. The molecule has 0 amide bonds. The number of likely N-dealkylation sites (tertiary alicyclic amines) is 1. The average Bonchev–Trinajstić information content (AvgIpc) is 2.77. The van der Waals surface area contributed by atoms with Crippen molar-refractivity contribution >= 4 is 16.9 Å². The van der Waals surface area contributed by atoms with Gasteiger partial charge in [0.15, 0.2) is 11.6 Å². The Labute approximate surface area is 127 Å². The van der Waals surface area contributed by atoms with Crippen LogP contribution >= 0.6 is 0 Å². The van der Waals surface area contributed by atoms with Crippen LogP contribution in [-0.4, -0.2) is 40.0 Å². The summed E-state index contributed by atoms with van der Waals surface area (Å²) in [6.07, 6.45) is 6.51. The summed E-state index contributed by atoms with van der Waals surface area (Å²) >= 11 is 0. The van der Waals surface area contributed by atoms with Gasteiger partial charge in [-0.3, -0.25) is 9.88 Å². The van der Waals surface area contributed by atoms with E-state index < -0.39 is 11.6 Å². The molecular formula is C16H18F2N4. The molecule has 1 saturated heterocycles. The maximum absolute atomic E-state index is 13.3. The highest BCUT2D eigenvalue weighted by Crippen LogP contribution is 2.44. The van der Waals surface area contributed by atoms with Crippen LogP contribution in [-0.2, 0) is 0 Å². The first kappa shape index (κ1) is 13.8. The molecule has 1 aromatic heterocycles. The maximum Gasteiger partial charge on any atom is 0.161 e. The minimum atomic E-state index is -0.896. The number of halogens is 2. The Balaban J connectivity index is 1.56. The quantitative estimate of drug-likeness (QED) is 0.926. The zero-order valence-corrected chi connectivity index (χ0v) is 12.4. The number of nitrogens with one attached hydrogen (secondary N) is 1. The minimum absolute atomic E-state index is 0.322. The molecule has 1 spiro atoms. The molecule has 2 aromatic rings. The van der Waals surface area contributed by atoms with Crippen molar-refractivity contribution in [1.29, 1.82) is 0 Å². The van der Waals surface area contributed by atoms with Crippen molar-refractivity contribution in [2.45, 2.75) is 37.3 Å². The molecule has 116 valence electrons. The molecule has 1 saturated carbocycles. The fourth-order valence-electron chi connectivity index (χ4n) is 3.76. The predicted octanol–water partition coefficient (Wildman–Crippen LogP) is 2.95. The van der Waals surface area contributed by atoms with Crippen LogP contribution in [0.1, 0.15) is 25.7 Å². The third-order valence-electron chi connectivity index (χ3n) is 5.15. The van der Waals surface area contributed by atoms with Gasteiger partial charge in [0.05, 0.1) is 17.2 Å². The highest BCUT2D eigenvalue weighted by Gasteiger charge is 2.47. The summed E-state index contributed by atoms with van der Waals surface area (Å²) in [7, 11) is 2.17. The molecule has 1 aliphatic carbocycles. The summed E-state index contributed by atoms with van der Waals surface area (Å²) in [5.41, 5.74) is 1.09. The number of likely N-dealkylation sites (N-methyl/N-ethyl adjacent to an activating group) is 1. The van der Waals surface area contributed by atoms with E-state index in [1.165, 1.54) is 19.3 Å². The topological polar surface area (TPSA) is 41.0 Å². The van der Waals surface area contributed by atoms with Gasteiger partial charge >= 0.3 is 0 Å². The Morgan fingerprint density at radius 1 is 1.23 bits per heavy atom. The standard InChI is InChI=1S/C16H18F2N4/c1-22-9-10(7-16(22)3-2-4-16)20-15-8-19-13-5-11(17)12(18)6-14(13)21-15/h5-6,8,10H,2-4,7,9H2,1H3,(H,20,21). The lowest BCUT2D eigenvalue weighted by Gasteiger charge is -2.44. The monoisotopic (exact) mass is 304 g/mol.